The van der Waals surface area contributed by atoms with E-state index in [1.165, 1.54) is 11.8 Å². The molecular formula is C20H25NO3S. The van der Waals surface area contributed by atoms with Gasteiger partial charge in [-0.3, -0.25) is 4.79 Å². The van der Waals surface area contributed by atoms with E-state index in [-0.39, 0.29) is 16.8 Å². The molecule has 0 saturated carbocycles. The van der Waals surface area contributed by atoms with Crippen LogP contribution in [0.4, 0.5) is 0 Å². The van der Waals surface area contributed by atoms with Crippen molar-refractivity contribution in [3.63, 3.8) is 0 Å². The van der Waals surface area contributed by atoms with Crippen molar-refractivity contribution in [2.45, 2.75) is 44.0 Å². The Bertz CT molecular complexity index is 809. The minimum atomic E-state index is -3.20. The number of nitrogens with one attached hydrogen (secondary N) is 1. The molecule has 0 fully saturated rings. The molecule has 0 aliphatic heterocycles. The highest BCUT2D eigenvalue weighted by Gasteiger charge is 2.12. The second kappa shape index (κ2) is 8.30. The first-order valence-corrected chi connectivity index (χ1v) is 10.4. The number of hydrogen-bond donors (Lipinski definition) is 1. The fourth-order valence-corrected chi connectivity index (χ4v) is 3.23. The smallest absolute Gasteiger partial charge is 0.220 e. The zero-order valence-corrected chi connectivity index (χ0v) is 15.8. The number of rotatable bonds is 7. The molecule has 4 nitrogen and oxygen atoms in total. The lowest BCUT2D eigenvalue weighted by molar-refractivity contribution is -0.121. The summed E-state index contributed by atoms with van der Waals surface area (Å²) in [6.45, 7) is 4.01. The molecule has 5 heteroatoms. The van der Waals surface area contributed by atoms with E-state index in [0.717, 1.165) is 17.5 Å². The van der Waals surface area contributed by atoms with Crippen molar-refractivity contribution in [2.24, 2.45) is 0 Å². The van der Waals surface area contributed by atoms with E-state index in [9.17, 15) is 13.2 Å². The van der Waals surface area contributed by atoms with Gasteiger partial charge in [-0.05, 0) is 48.6 Å². The van der Waals surface area contributed by atoms with Crippen molar-refractivity contribution in [1.29, 1.82) is 0 Å². The van der Waals surface area contributed by atoms with Crippen LogP contribution in [0.2, 0.25) is 0 Å². The number of sulfone groups is 1. The number of carbonyl (C=O) groups excluding carboxylic acids is 1. The van der Waals surface area contributed by atoms with Crippen molar-refractivity contribution < 1.29 is 13.2 Å². The van der Waals surface area contributed by atoms with E-state index in [1.54, 1.807) is 24.3 Å². The monoisotopic (exact) mass is 359 g/mol. The van der Waals surface area contributed by atoms with Gasteiger partial charge in [-0.2, -0.15) is 0 Å². The third-order valence-electron chi connectivity index (χ3n) is 4.26. The van der Waals surface area contributed by atoms with E-state index >= 15 is 0 Å². The summed E-state index contributed by atoms with van der Waals surface area (Å²) in [7, 11) is -3.20. The van der Waals surface area contributed by atoms with Gasteiger partial charge >= 0.3 is 0 Å². The Hall–Kier alpha value is -2.14. The van der Waals surface area contributed by atoms with Gasteiger partial charge in [-0.15, -0.1) is 0 Å². The molecule has 1 amide bonds. The molecular weight excluding hydrogens is 334 g/mol. The van der Waals surface area contributed by atoms with Gasteiger partial charge in [0.15, 0.2) is 9.84 Å². The molecule has 1 atom stereocenters. The number of carbonyl (C=O) groups is 1. The van der Waals surface area contributed by atoms with Gasteiger partial charge in [0.05, 0.1) is 10.9 Å². The summed E-state index contributed by atoms with van der Waals surface area (Å²) in [4.78, 5) is 12.4. The number of benzene rings is 2. The van der Waals surface area contributed by atoms with Gasteiger partial charge < -0.3 is 5.32 Å². The predicted octanol–water partition coefficient (Wildman–Crippen LogP) is 3.46. The van der Waals surface area contributed by atoms with Gasteiger partial charge in [0.1, 0.15) is 0 Å². The van der Waals surface area contributed by atoms with Crippen LogP contribution in [0.25, 0.3) is 0 Å². The van der Waals surface area contributed by atoms with Gasteiger partial charge in [0.25, 0.3) is 0 Å². The van der Waals surface area contributed by atoms with Gasteiger partial charge in [-0.1, -0.05) is 43.3 Å². The van der Waals surface area contributed by atoms with Crippen LogP contribution in [-0.4, -0.2) is 20.6 Å². The van der Waals surface area contributed by atoms with Crippen LogP contribution in [0.3, 0.4) is 0 Å². The number of aryl methyl sites for hydroxylation is 2. The van der Waals surface area contributed by atoms with E-state index in [0.29, 0.717) is 12.8 Å². The Labute approximate surface area is 150 Å². The van der Waals surface area contributed by atoms with Crippen molar-refractivity contribution in [1.82, 2.24) is 5.32 Å². The SMILES string of the molecule is CCc1ccc(CCC(=O)N[C@@H](C)c2ccc(S(C)(=O)=O)cc2)cc1. The zero-order valence-electron chi connectivity index (χ0n) is 15.0. The largest absolute Gasteiger partial charge is 0.350 e. The summed E-state index contributed by atoms with van der Waals surface area (Å²) in [6.07, 6.45) is 3.32. The van der Waals surface area contributed by atoms with Gasteiger partial charge in [0, 0.05) is 12.7 Å². The molecule has 0 aliphatic rings. The molecule has 0 heterocycles. The third-order valence-corrected chi connectivity index (χ3v) is 5.39. The first-order valence-electron chi connectivity index (χ1n) is 8.47. The van der Waals surface area contributed by atoms with Crippen LogP contribution in [0, 0.1) is 0 Å². The van der Waals surface area contributed by atoms with Crippen molar-refractivity contribution in [3.05, 3.63) is 65.2 Å². The summed E-state index contributed by atoms with van der Waals surface area (Å²) in [6, 6.07) is 14.8. The molecule has 0 aromatic heterocycles. The fourth-order valence-electron chi connectivity index (χ4n) is 2.60. The Morgan fingerprint density at radius 2 is 1.56 bits per heavy atom. The van der Waals surface area contributed by atoms with Crippen molar-refractivity contribution in [2.75, 3.05) is 6.26 Å². The standard InChI is InChI=1S/C20H25NO3S/c1-4-16-5-7-17(8-6-16)9-14-20(22)21-15(2)18-10-12-19(13-11-18)25(3,23)24/h5-8,10-13,15H,4,9,14H2,1-3H3,(H,21,22)/t15-/m0/s1. The second-order valence-electron chi connectivity index (χ2n) is 6.30. The molecule has 25 heavy (non-hydrogen) atoms. The lowest BCUT2D eigenvalue weighted by Gasteiger charge is -2.15. The highest BCUT2D eigenvalue weighted by Crippen LogP contribution is 2.16. The molecule has 2 aromatic rings. The van der Waals surface area contributed by atoms with Crippen LogP contribution in [0.15, 0.2) is 53.4 Å². The molecule has 0 saturated heterocycles. The maximum absolute atomic E-state index is 12.1. The highest BCUT2D eigenvalue weighted by molar-refractivity contribution is 7.90. The van der Waals surface area contributed by atoms with E-state index in [4.69, 9.17) is 0 Å². The maximum atomic E-state index is 12.1. The Morgan fingerprint density at radius 3 is 2.08 bits per heavy atom. The lowest BCUT2D eigenvalue weighted by atomic mass is 10.1. The fraction of sp³-hybridized carbons (Fsp3) is 0.350. The lowest BCUT2D eigenvalue weighted by Crippen LogP contribution is -2.26. The quantitative estimate of drug-likeness (QED) is 0.823. The molecule has 2 rings (SSSR count). The Kier molecular flexibility index (Phi) is 6.37. The van der Waals surface area contributed by atoms with Crippen molar-refractivity contribution >= 4 is 15.7 Å². The predicted molar refractivity (Wildman–Crippen MR) is 100 cm³/mol. The molecule has 1 N–H and O–H groups in total. The van der Waals surface area contributed by atoms with Gasteiger partial charge in [0.2, 0.25) is 5.91 Å². The third kappa shape index (κ3) is 5.71. The van der Waals surface area contributed by atoms with Crippen LogP contribution >= 0.6 is 0 Å². The zero-order chi connectivity index (χ0) is 18.4. The van der Waals surface area contributed by atoms with E-state index in [1.807, 2.05) is 6.92 Å². The highest BCUT2D eigenvalue weighted by atomic mass is 32.2. The number of hydrogen-bond acceptors (Lipinski definition) is 3. The number of amides is 1. The Balaban J connectivity index is 1.88. The topological polar surface area (TPSA) is 63.2 Å². The summed E-state index contributed by atoms with van der Waals surface area (Å²) in [5, 5.41) is 2.96. The summed E-state index contributed by atoms with van der Waals surface area (Å²) in [5.74, 6) is -0.0146. The molecule has 134 valence electrons. The first kappa shape index (κ1) is 19.2. The summed E-state index contributed by atoms with van der Waals surface area (Å²) < 4.78 is 23.0. The second-order valence-corrected chi connectivity index (χ2v) is 8.32. The molecule has 0 unspecified atom stereocenters. The van der Waals surface area contributed by atoms with Crippen LogP contribution in [0.1, 0.15) is 43.0 Å². The minimum absolute atomic E-state index is 0.0146. The molecule has 2 aromatic carbocycles. The van der Waals surface area contributed by atoms with Crippen molar-refractivity contribution in [3.8, 4) is 0 Å². The minimum Gasteiger partial charge on any atom is -0.350 e. The normalized spacial score (nSPS) is 12.6. The first-order chi connectivity index (χ1) is 11.8. The average Bonchev–Trinajstić information content (AvgIpc) is 2.59. The average molecular weight is 359 g/mol. The molecule has 0 aliphatic carbocycles. The van der Waals surface area contributed by atoms with Crippen LogP contribution < -0.4 is 5.32 Å². The molecule has 0 spiro atoms. The Morgan fingerprint density at radius 1 is 1.00 bits per heavy atom. The van der Waals surface area contributed by atoms with Gasteiger partial charge in [-0.25, -0.2) is 8.42 Å². The van der Waals surface area contributed by atoms with E-state index in [2.05, 4.69) is 36.5 Å². The van der Waals surface area contributed by atoms with Crippen LogP contribution in [0.5, 0.6) is 0 Å². The summed E-state index contributed by atoms with van der Waals surface area (Å²) >= 11 is 0. The van der Waals surface area contributed by atoms with Crippen LogP contribution in [-0.2, 0) is 27.5 Å². The molecule has 0 radical (unpaired) electrons. The molecule has 0 bridgehead atoms. The summed E-state index contributed by atoms with van der Waals surface area (Å²) in [5.41, 5.74) is 3.32. The van der Waals surface area contributed by atoms with E-state index < -0.39 is 9.84 Å². The maximum Gasteiger partial charge on any atom is 0.220 e.